The van der Waals surface area contributed by atoms with Crippen molar-refractivity contribution >= 4 is 0 Å². The summed E-state index contributed by atoms with van der Waals surface area (Å²) in [4.78, 5) is 0. The fraction of sp³-hybridized carbons (Fsp3) is 0.800. The number of hydrogen-bond donors (Lipinski definition) is 1. The van der Waals surface area contributed by atoms with Gasteiger partial charge in [0.15, 0.2) is 0 Å². The normalized spacial score (nSPS) is 11.2. The van der Waals surface area contributed by atoms with Crippen molar-refractivity contribution in [3.8, 4) is 0 Å². The fourth-order valence-electron chi connectivity index (χ4n) is 1.68. The van der Waals surface area contributed by atoms with Crippen molar-refractivity contribution < 1.29 is 0 Å². The molecule has 4 nitrogen and oxygen atoms in total. The van der Waals surface area contributed by atoms with Gasteiger partial charge in [-0.25, -0.2) is 4.68 Å². The molecule has 1 aromatic rings. The Bertz CT molecular complexity index is 254. The van der Waals surface area contributed by atoms with Crippen LogP contribution in [0, 0.1) is 0 Å². The molecule has 0 unspecified atom stereocenters. The summed E-state index contributed by atoms with van der Waals surface area (Å²) in [6, 6.07) is 0. The second-order valence-electron chi connectivity index (χ2n) is 3.84. The monoisotopic (exact) mass is 196 g/mol. The standard InChI is InChI=1S/C10H20N4/c1-4-7-14-10(8(2)3)9(5-6-11)12-13-14/h8H,4-7,11H2,1-3H3. The Balaban J connectivity index is 2.94. The molecule has 0 fully saturated rings. The van der Waals surface area contributed by atoms with Crippen LogP contribution in [-0.4, -0.2) is 21.5 Å². The van der Waals surface area contributed by atoms with Crippen LogP contribution in [0.2, 0.25) is 0 Å². The van der Waals surface area contributed by atoms with Crippen molar-refractivity contribution in [2.45, 2.75) is 46.1 Å². The summed E-state index contributed by atoms with van der Waals surface area (Å²) in [6.45, 7) is 8.08. The Kier molecular flexibility index (Phi) is 4.07. The highest BCUT2D eigenvalue weighted by atomic mass is 15.4. The van der Waals surface area contributed by atoms with Crippen molar-refractivity contribution in [1.82, 2.24) is 15.0 Å². The van der Waals surface area contributed by atoms with Crippen LogP contribution in [0.5, 0.6) is 0 Å². The Hall–Kier alpha value is -0.900. The number of aryl methyl sites for hydroxylation is 1. The predicted molar refractivity (Wildman–Crippen MR) is 57.2 cm³/mol. The summed E-state index contributed by atoms with van der Waals surface area (Å²) in [6.07, 6.45) is 1.92. The lowest BCUT2D eigenvalue weighted by Crippen LogP contribution is -2.10. The zero-order chi connectivity index (χ0) is 10.6. The van der Waals surface area contributed by atoms with Crippen molar-refractivity contribution in [2.24, 2.45) is 5.73 Å². The highest BCUT2D eigenvalue weighted by molar-refractivity contribution is 5.14. The van der Waals surface area contributed by atoms with Gasteiger partial charge in [0.2, 0.25) is 0 Å². The largest absolute Gasteiger partial charge is 0.330 e. The van der Waals surface area contributed by atoms with Gasteiger partial charge >= 0.3 is 0 Å². The molecule has 0 spiro atoms. The van der Waals surface area contributed by atoms with Crippen molar-refractivity contribution in [3.63, 3.8) is 0 Å². The third-order valence-electron chi connectivity index (χ3n) is 2.21. The number of rotatable bonds is 5. The first-order valence-electron chi connectivity index (χ1n) is 5.33. The first-order valence-corrected chi connectivity index (χ1v) is 5.33. The highest BCUT2D eigenvalue weighted by Gasteiger charge is 2.14. The minimum absolute atomic E-state index is 0.470. The molecule has 0 atom stereocenters. The average molecular weight is 196 g/mol. The zero-order valence-corrected chi connectivity index (χ0v) is 9.32. The van der Waals surface area contributed by atoms with Crippen molar-refractivity contribution in [2.75, 3.05) is 6.54 Å². The van der Waals surface area contributed by atoms with Crippen LogP contribution in [0.4, 0.5) is 0 Å². The third kappa shape index (κ3) is 2.32. The summed E-state index contributed by atoms with van der Waals surface area (Å²) < 4.78 is 2.01. The molecular weight excluding hydrogens is 176 g/mol. The van der Waals surface area contributed by atoms with Gasteiger partial charge in [0, 0.05) is 13.0 Å². The van der Waals surface area contributed by atoms with E-state index >= 15 is 0 Å². The topological polar surface area (TPSA) is 56.7 Å². The van der Waals surface area contributed by atoms with Gasteiger partial charge in [-0.2, -0.15) is 0 Å². The minimum atomic E-state index is 0.470. The Morgan fingerprint density at radius 3 is 2.64 bits per heavy atom. The molecule has 1 heterocycles. The molecule has 0 aliphatic rings. The van der Waals surface area contributed by atoms with Gasteiger partial charge in [0.05, 0.1) is 11.4 Å². The van der Waals surface area contributed by atoms with E-state index in [1.165, 1.54) is 5.69 Å². The lowest BCUT2D eigenvalue weighted by Gasteiger charge is -2.09. The first kappa shape index (κ1) is 11.2. The van der Waals surface area contributed by atoms with E-state index in [-0.39, 0.29) is 0 Å². The van der Waals surface area contributed by atoms with Gasteiger partial charge in [-0.05, 0) is 18.9 Å². The first-order chi connectivity index (χ1) is 6.70. The maximum Gasteiger partial charge on any atom is 0.0874 e. The molecule has 2 N–H and O–H groups in total. The molecule has 0 aromatic carbocycles. The third-order valence-corrected chi connectivity index (χ3v) is 2.21. The van der Waals surface area contributed by atoms with Gasteiger partial charge in [-0.3, -0.25) is 0 Å². The molecule has 0 radical (unpaired) electrons. The molecule has 1 aromatic heterocycles. The number of hydrogen-bond acceptors (Lipinski definition) is 3. The van der Waals surface area contributed by atoms with Crippen molar-refractivity contribution in [1.29, 1.82) is 0 Å². The van der Waals surface area contributed by atoms with E-state index in [9.17, 15) is 0 Å². The quantitative estimate of drug-likeness (QED) is 0.772. The second-order valence-corrected chi connectivity index (χ2v) is 3.84. The average Bonchev–Trinajstić information content (AvgIpc) is 2.49. The van der Waals surface area contributed by atoms with E-state index in [0.717, 1.165) is 25.1 Å². The van der Waals surface area contributed by atoms with Gasteiger partial charge in [0.25, 0.3) is 0 Å². The lowest BCUT2D eigenvalue weighted by molar-refractivity contribution is 0.541. The van der Waals surface area contributed by atoms with Crippen LogP contribution in [0.1, 0.15) is 44.5 Å². The maximum atomic E-state index is 5.54. The Morgan fingerprint density at radius 2 is 2.14 bits per heavy atom. The lowest BCUT2D eigenvalue weighted by atomic mass is 10.1. The molecule has 0 aliphatic heterocycles. The molecule has 0 bridgehead atoms. The van der Waals surface area contributed by atoms with E-state index in [1.807, 2.05) is 4.68 Å². The molecular formula is C10H20N4. The minimum Gasteiger partial charge on any atom is -0.330 e. The van der Waals surface area contributed by atoms with Gasteiger partial charge in [0.1, 0.15) is 0 Å². The number of aromatic nitrogens is 3. The molecule has 14 heavy (non-hydrogen) atoms. The van der Waals surface area contributed by atoms with Gasteiger partial charge in [-0.15, -0.1) is 5.10 Å². The fourth-order valence-corrected chi connectivity index (χ4v) is 1.68. The SMILES string of the molecule is CCCn1nnc(CCN)c1C(C)C. The van der Waals surface area contributed by atoms with E-state index in [0.29, 0.717) is 12.5 Å². The molecule has 0 aliphatic carbocycles. The van der Waals surface area contributed by atoms with Crippen LogP contribution in [0.25, 0.3) is 0 Å². The van der Waals surface area contributed by atoms with Crippen LogP contribution >= 0.6 is 0 Å². The van der Waals surface area contributed by atoms with Gasteiger partial charge in [-0.1, -0.05) is 26.0 Å². The highest BCUT2D eigenvalue weighted by Crippen LogP contribution is 2.17. The number of nitrogens with two attached hydrogens (primary N) is 1. The van der Waals surface area contributed by atoms with Crippen LogP contribution in [-0.2, 0) is 13.0 Å². The zero-order valence-electron chi connectivity index (χ0n) is 9.32. The molecule has 1 rings (SSSR count). The molecule has 80 valence electrons. The van der Waals surface area contributed by atoms with E-state index < -0.39 is 0 Å². The Labute approximate surface area is 85.5 Å². The van der Waals surface area contributed by atoms with Crippen molar-refractivity contribution in [3.05, 3.63) is 11.4 Å². The van der Waals surface area contributed by atoms with Crippen LogP contribution in [0.3, 0.4) is 0 Å². The van der Waals surface area contributed by atoms with E-state index in [2.05, 4.69) is 31.1 Å². The Morgan fingerprint density at radius 1 is 1.43 bits per heavy atom. The second kappa shape index (κ2) is 5.10. The predicted octanol–water partition coefficient (Wildman–Crippen LogP) is 1.31. The van der Waals surface area contributed by atoms with Crippen LogP contribution in [0.15, 0.2) is 0 Å². The summed E-state index contributed by atoms with van der Waals surface area (Å²) >= 11 is 0. The summed E-state index contributed by atoms with van der Waals surface area (Å²) in [5.41, 5.74) is 7.85. The molecule has 4 heteroatoms. The molecule has 0 amide bonds. The summed E-state index contributed by atoms with van der Waals surface area (Å²) in [7, 11) is 0. The smallest absolute Gasteiger partial charge is 0.0874 e. The molecule has 0 saturated heterocycles. The van der Waals surface area contributed by atoms with E-state index in [4.69, 9.17) is 5.73 Å². The van der Waals surface area contributed by atoms with Crippen LogP contribution < -0.4 is 5.73 Å². The number of nitrogens with zero attached hydrogens (tertiary/aromatic N) is 3. The van der Waals surface area contributed by atoms with E-state index in [1.54, 1.807) is 0 Å². The maximum absolute atomic E-state index is 5.54. The molecule has 0 saturated carbocycles. The van der Waals surface area contributed by atoms with Gasteiger partial charge < -0.3 is 5.73 Å². The summed E-state index contributed by atoms with van der Waals surface area (Å²) in [5.74, 6) is 0.470. The summed E-state index contributed by atoms with van der Waals surface area (Å²) in [5, 5.41) is 8.34.